The van der Waals surface area contributed by atoms with Gasteiger partial charge < -0.3 is 9.84 Å². The maximum absolute atomic E-state index is 12.6. The molecule has 10 nitrogen and oxygen atoms in total. The van der Waals surface area contributed by atoms with Crippen molar-refractivity contribution in [2.24, 2.45) is 0 Å². The molecule has 10 heteroatoms. The van der Waals surface area contributed by atoms with E-state index < -0.39 is 11.6 Å². The van der Waals surface area contributed by atoms with Gasteiger partial charge in [0.05, 0.1) is 25.2 Å². The SMILES string of the molecule is CC(=O)CN1CCN(CC(C)=O)CCN(Cc2ccc(C(=O)O)cc2)CCN(CC(=O)OC(C)(C)C)CC1. The van der Waals surface area contributed by atoms with Crippen LogP contribution < -0.4 is 0 Å². The molecular weight excluding hydrogens is 488 g/mol. The Hall–Kier alpha value is -2.66. The number of hydrogen-bond acceptors (Lipinski definition) is 9. The summed E-state index contributed by atoms with van der Waals surface area (Å²) in [5.74, 6) is -1.07. The third kappa shape index (κ3) is 12.7. The van der Waals surface area contributed by atoms with Gasteiger partial charge in [-0.3, -0.25) is 34.0 Å². The van der Waals surface area contributed by atoms with Crippen LogP contribution in [0, 0.1) is 0 Å². The molecule has 2 rings (SSSR count). The molecule has 38 heavy (non-hydrogen) atoms. The molecule has 0 aliphatic carbocycles. The van der Waals surface area contributed by atoms with Gasteiger partial charge in [0.15, 0.2) is 0 Å². The Balaban J connectivity index is 2.21. The lowest BCUT2D eigenvalue weighted by Gasteiger charge is -2.34. The van der Waals surface area contributed by atoms with Crippen molar-refractivity contribution >= 4 is 23.5 Å². The molecule has 1 aromatic carbocycles. The molecule has 0 atom stereocenters. The van der Waals surface area contributed by atoms with E-state index in [-0.39, 0.29) is 29.6 Å². The molecule has 0 aromatic heterocycles. The zero-order valence-electron chi connectivity index (χ0n) is 23.6. The summed E-state index contributed by atoms with van der Waals surface area (Å²) in [7, 11) is 0. The Kier molecular flexibility index (Phi) is 12.5. The number of rotatable bonds is 9. The standard InChI is InChI=1S/C28H44N4O6/c1-22(33)18-29-10-11-30(19-23(2)34)13-16-32(21-26(35)38-28(3,4)5)17-15-31(14-12-29)20-24-6-8-25(9-7-24)27(36)37/h6-9H,10-21H2,1-5H3,(H,36,37). The Labute approximate surface area is 226 Å². The fourth-order valence-corrected chi connectivity index (χ4v) is 4.41. The third-order valence-corrected chi connectivity index (χ3v) is 6.20. The first kappa shape index (κ1) is 31.6. The first-order valence-electron chi connectivity index (χ1n) is 13.2. The molecule has 1 N–H and O–H groups in total. The van der Waals surface area contributed by atoms with E-state index in [1.807, 2.05) is 32.9 Å². The average molecular weight is 533 g/mol. The Morgan fingerprint density at radius 2 is 1.11 bits per heavy atom. The molecule has 0 radical (unpaired) electrons. The van der Waals surface area contributed by atoms with Gasteiger partial charge in [-0.05, 0) is 52.3 Å². The van der Waals surface area contributed by atoms with E-state index in [4.69, 9.17) is 4.74 Å². The number of esters is 1. The highest BCUT2D eigenvalue weighted by atomic mass is 16.6. The fraction of sp³-hybridized carbons (Fsp3) is 0.643. The van der Waals surface area contributed by atoms with Gasteiger partial charge >= 0.3 is 11.9 Å². The average Bonchev–Trinajstić information content (AvgIpc) is 2.79. The highest BCUT2D eigenvalue weighted by Gasteiger charge is 2.22. The summed E-state index contributed by atoms with van der Waals surface area (Å²) in [5, 5.41) is 9.20. The van der Waals surface area contributed by atoms with Crippen molar-refractivity contribution in [2.45, 2.75) is 46.8 Å². The number of benzene rings is 1. The first-order chi connectivity index (χ1) is 17.8. The van der Waals surface area contributed by atoms with E-state index >= 15 is 0 Å². The number of nitrogens with zero attached hydrogens (tertiary/aromatic N) is 4. The van der Waals surface area contributed by atoms with Crippen LogP contribution in [0.2, 0.25) is 0 Å². The zero-order valence-corrected chi connectivity index (χ0v) is 23.6. The topological polar surface area (TPSA) is 111 Å². The number of carbonyl (C=O) groups excluding carboxylic acids is 3. The number of ether oxygens (including phenoxy) is 1. The molecule has 1 aliphatic rings. The van der Waals surface area contributed by atoms with Gasteiger partial charge in [0.1, 0.15) is 17.2 Å². The minimum Gasteiger partial charge on any atom is -0.478 e. The lowest BCUT2D eigenvalue weighted by molar-refractivity contribution is -0.156. The van der Waals surface area contributed by atoms with Gasteiger partial charge in [-0.2, -0.15) is 0 Å². The summed E-state index contributed by atoms with van der Waals surface area (Å²) in [6.07, 6.45) is 0. The summed E-state index contributed by atoms with van der Waals surface area (Å²) in [6.45, 7) is 15.3. The monoisotopic (exact) mass is 532 g/mol. The number of Topliss-reactive ketones (excluding diaryl/α,β-unsaturated/α-hetero) is 2. The number of aromatic carboxylic acids is 1. The second-order valence-corrected chi connectivity index (χ2v) is 11.1. The summed E-state index contributed by atoms with van der Waals surface area (Å²) < 4.78 is 5.56. The molecule has 0 spiro atoms. The van der Waals surface area contributed by atoms with Crippen LogP contribution in [-0.4, -0.2) is 126 Å². The number of carboxylic acid groups (broad SMARTS) is 1. The van der Waals surface area contributed by atoms with Crippen LogP contribution in [0.4, 0.5) is 0 Å². The number of ketones is 2. The van der Waals surface area contributed by atoms with Crippen LogP contribution >= 0.6 is 0 Å². The highest BCUT2D eigenvalue weighted by Crippen LogP contribution is 2.11. The van der Waals surface area contributed by atoms with Gasteiger partial charge in [-0.1, -0.05) is 12.1 Å². The van der Waals surface area contributed by atoms with Crippen molar-refractivity contribution in [3.05, 3.63) is 35.4 Å². The summed E-state index contributed by atoms with van der Waals surface area (Å²) in [4.78, 5) is 56.2. The summed E-state index contributed by atoms with van der Waals surface area (Å²) >= 11 is 0. The van der Waals surface area contributed by atoms with Crippen LogP contribution in [0.3, 0.4) is 0 Å². The molecule has 0 unspecified atom stereocenters. The molecule has 0 saturated carbocycles. The van der Waals surface area contributed by atoms with Gasteiger partial charge in [-0.25, -0.2) is 4.79 Å². The maximum Gasteiger partial charge on any atom is 0.335 e. The van der Waals surface area contributed by atoms with Gasteiger partial charge in [-0.15, -0.1) is 0 Å². The second-order valence-electron chi connectivity index (χ2n) is 11.1. The second kappa shape index (κ2) is 15.1. The minimum atomic E-state index is -0.959. The van der Waals surface area contributed by atoms with Crippen LogP contribution in [0.5, 0.6) is 0 Å². The summed E-state index contributed by atoms with van der Waals surface area (Å²) in [5.41, 5.74) is 0.665. The molecule has 212 valence electrons. The Bertz CT molecular complexity index is 944. The highest BCUT2D eigenvalue weighted by molar-refractivity contribution is 5.87. The normalized spacial score (nSPS) is 17.8. The van der Waals surface area contributed by atoms with Gasteiger partial charge in [0, 0.05) is 58.9 Å². The van der Waals surface area contributed by atoms with Crippen molar-refractivity contribution in [2.75, 3.05) is 72.0 Å². The fourth-order valence-electron chi connectivity index (χ4n) is 4.41. The van der Waals surface area contributed by atoms with Crippen LogP contribution in [0.25, 0.3) is 0 Å². The maximum atomic E-state index is 12.6. The van der Waals surface area contributed by atoms with E-state index in [1.54, 1.807) is 26.0 Å². The van der Waals surface area contributed by atoms with E-state index in [1.165, 1.54) is 0 Å². The van der Waals surface area contributed by atoms with E-state index in [2.05, 4.69) is 19.6 Å². The van der Waals surface area contributed by atoms with E-state index in [0.29, 0.717) is 72.0 Å². The predicted octanol–water partition coefficient (Wildman–Crippen LogP) is 1.63. The van der Waals surface area contributed by atoms with Crippen molar-refractivity contribution in [3.8, 4) is 0 Å². The summed E-state index contributed by atoms with van der Waals surface area (Å²) in [6, 6.07) is 6.86. The Morgan fingerprint density at radius 1 is 0.711 bits per heavy atom. The Morgan fingerprint density at radius 3 is 1.47 bits per heavy atom. The molecule has 0 amide bonds. The zero-order chi connectivity index (χ0) is 28.3. The lowest BCUT2D eigenvalue weighted by Crippen LogP contribution is -2.48. The van der Waals surface area contributed by atoms with Gasteiger partial charge in [0.25, 0.3) is 0 Å². The van der Waals surface area contributed by atoms with E-state index in [0.717, 1.165) is 5.56 Å². The van der Waals surface area contributed by atoms with Crippen LogP contribution in [0.1, 0.15) is 50.5 Å². The molecule has 0 bridgehead atoms. The lowest BCUT2D eigenvalue weighted by atomic mass is 10.1. The van der Waals surface area contributed by atoms with Crippen LogP contribution in [-0.2, 0) is 25.7 Å². The molecule has 1 aromatic rings. The third-order valence-electron chi connectivity index (χ3n) is 6.20. The number of carboxylic acids is 1. The van der Waals surface area contributed by atoms with Crippen molar-refractivity contribution < 1.29 is 29.0 Å². The predicted molar refractivity (Wildman–Crippen MR) is 145 cm³/mol. The smallest absolute Gasteiger partial charge is 0.335 e. The van der Waals surface area contributed by atoms with Crippen molar-refractivity contribution in [3.63, 3.8) is 0 Å². The van der Waals surface area contributed by atoms with Gasteiger partial charge in [0.2, 0.25) is 0 Å². The molecule has 1 heterocycles. The molecule has 1 fully saturated rings. The molecule has 1 aliphatic heterocycles. The number of hydrogen-bond donors (Lipinski definition) is 1. The van der Waals surface area contributed by atoms with Crippen molar-refractivity contribution in [1.29, 1.82) is 0 Å². The largest absolute Gasteiger partial charge is 0.478 e. The van der Waals surface area contributed by atoms with Crippen molar-refractivity contribution in [1.82, 2.24) is 19.6 Å². The number of carbonyl (C=O) groups is 4. The first-order valence-corrected chi connectivity index (χ1v) is 13.2. The molecular formula is C28H44N4O6. The van der Waals surface area contributed by atoms with Crippen LogP contribution in [0.15, 0.2) is 24.3 Å². The minimum absolute atomic E-state index is 0.0778. The quantitative estimate of drug-likeness (QED) is 0.471. The molecule has 1 saturated heterocycles. The van der Waals surface area contributed by atoms with E-state index in [9.17, 15) is 24.3 Å².